The van der Waals surface area contributed by atoms with Crippen LogP contribution in [-0.4, -0.2) is 65.9 Å². The highest BCUT2D eigenvalue weighted by atomic mass is 35.5. The monoisotopic (exact) mass is 287 g/mol. The maximum absolute atomic E-state index is 5.80. The maximum Gasteiger partial charge on any atom is 0.322 e. The van der Waals surface area contributed by atoms with Gasteiger partial charge in [-0.1, -0.05) is 0 Å². The fraction of sp³-hybridized carbons (Fsp3) is 0.727. The van der Waals surface area contributed by atoms with Crippen molar-refractivity contribution in [2.75, 3.05) is 51.3 Å². The number of morpholine rings is 1. The van der Waals surface area contributed by atoms with Crippen LogP contribution in [0.1, 0.15) is 6.92 Å². The van der Waals surface area contributed by atoms with Gasteiger partial charge in [-0.15, -0.1) is 0 Å². The molecular formula is C11H18ClN5O2. The van der Waals surface area contributed by atoms with E-state index in [0.717, 1.165) is 39.4 Å². The summed E-state index contributed by atoms with van der Waals surface area (Å²) in [6.07, 6.45) is 0. The van der Waals surface area contributed by atoms with Crippen LogP contribution in [0.5, 0.6) is 6.01 Å². The Morgan fingerprint density at radius 3 is 2.84 bits per heavy atom. The Balaban J connectivity index is 1.81. The number of hydrogen-bond donors (Lipinski definition) is 1. The summed E-state index contributed by atoms with van der Waals surface area (Å²) in [6.45, 7) is 7.53. The second-order valence-corrected chi connectivity index (χ2v) is 4.36. The molecule has 19 heavy (non-hydrogen) atoms. The van der Waals surface area contributed by atoms with E-state index in [1.807, 2.05) is 6.92 Å². The van der Waals surface area contributed by atoms with E-state index in [1.165, 1.54) is 0 Å². The van der Waals surface area contributed by atoms with E-state index in [0.29, 0.717) is 12.6 Å². The number of ether oxygens (including phenoxy) is 2. The van der Waals surface area contributed by atoms with Crippen molar-refractivity contribution in [3.05, 3.63) is 5.28 Å². The van der Waals surface area contributed by atoms with Crippen LogP contribution >= 0.6 is 11.6 Å². The minimum absolute atomic E-state index is 0.132. The van der Waals surface area contributed by atoms with Gasteiger partial charge in [-0.05, 0) is 18.5 Å². The summed E-state index contributed by atoms with van der Waals surface area (Å²) in [4.78, 5) is 14.3. The van der Waals surface area contributed by atoms with Crippen molar-refractivity contribution in [1.82, 2.24) is 19.9 Å². The molecular weight excluding hydrogens is 270 g/mol. The van der Waals surface area contributed by atoms with Crippen molar-refractivity contribution in [1.29, 1.82) is 0 Å². The van der Waals surface area contributed by atoms with Crippen LogP contribution in [0, 0.1) is 0 Å². The third kappa shape index (κ3) is 4.77. The first-order valence-corrected chi connectivity index (χ1v) is 6.74. The van der Waals surface area contributed by atoms with Crippen molar-refractivity contribution in [2.24, 2.45) is 0 Å². The molecule has 7 nitrogen and oxygen atoms in total. The molecule has 1 aliphatic heterocycles. The van der Waals surface area contributed by atoms with Crippen molar-refractivity contribution in [3.63, 3.8) is 0 Å². The molecule has 0 aliphatic carbocycles. The van der Waals surface area contributed by atoms with Crippen LogP contribution in [-0.2, 0) is 4.74 Å². The van der Waals surface area contributed by atoms with Gasteiger partial charge < -0.3 is 14.8 Å². The first-order valence-electron chi connectivity index (χ1n) is 6.36. The third-order valence-electron chi connectivity index (χ3n) is 2.68. The van der Waals surface area contributed by atoms with Crippen molar-refractivity contribution < 1.29 is 9.47 Å². The van der Waals surface area contributed by atoms with Crippen LogP contribution in [0.15, 0.2) is 0 Å². The molecule has 1 aliphatic rings. The second-order valence-electron chi connectivity index (χ2n) is 4.02. The normalized spacial score (nSPS) is 16.3. The van der Waals surface area contributed by atoms with Crippen molar-refractivity contribution >= 4 is 17.5 Å². The van der Waals surface area contributed by atoms with E-state index in [2.05, 4.69) is 25.2 Å². The van der Waals surface area contributed by atoms with Crippen LogP contribution in [0.4, 0.5) is 5.95 Å². The predicted molar refractivity (Wildman–Crippen MR) is 71.8 cm³/mol. The Hall–Kier alpha value is -1.18. The number of rotatable bonds is 6. The number of halogens is 1. The molecule has 1 N–H and O–H groups in total. The smallest absolute Gasteiger partial charge is 0.322 e. The van der Waals surface area contributed by atoms with E-state index >= 15 is 0 Å². The summed E-state index contributed by atoms with van der Waals surface area (Å²) < 4.78 is 10.5. The largest absolute Gasteiger partial charge is 0.464 e. The van der Waals surface area contributed by atoms with E-state index in [-0.39, 0.29) is 11.3 Å². The first-order chi connectivity index (χ1) is 9.28. The van der Waals surface area contributed by atoms with Gasteiger partial charge in [-0.25, -0.2) is 0 Å². The minimum atomic E-state index is 0.132. The lowest BCUT2D eigenvalue weighted by atomic mass is 10.4. The molecule has 0 spiro atoms. The van der Waals surface area contributed by atoms with Crippen LogP contribution in [0.25, 0.3) is 0 Å². The standard InChI is InChI=1S/C11H18ClN5O2/c1-2-19-11-15-9(12)14-10(16-11)13-3-4-17-5-7-18-8-6-17/h2-8H2,1H3,(H,13,14,15,16). The molecule has 106 valence electrons. The van der Waals surface area contributed by atoms with Crippen LogP contribution in [0.2, 0.25) is 5.28 Å². The molecule has 1 fully saturated rings. The molecule has 2 rings (SSSR count). The molecule has 0 atom stereocenters. The highest BCUT2D eigenvalue weighted by molar-refractivity contribution is 6.28. The van der Waals surface area contributed by atoms with Gasteiger partial charge in [0.15, 0.2) is 0 Å². The van der Waals surface area contributed by atoms with E-state index in [1.54, 1.807) is 0 Å². The molecule has 2 heterocycles. The van der Waals surface area contributed by atoms with Gasteiger partial charge in [0.05, 0.1) is 19.8 Å². The van der Waals surface area contributed by atoms with Crippen molar-refractivity contribution in [2.45, 2.75) is 6.92 Å². The predicted octanol–water partition coefficient (Wildman–Crippen LogP) is 0.668. The number of anilines is 1. The molecule has 0 bridgehead atoms. The molecule has 0 aromatic carbocycles. The molecule has 1 saturated heterocycles. The first kappa shape index (κ1) is 14.2. The fourth-order valence-corrected chi connectivity index (χ4v) is 1.91. The van der Waals surface area contributed by atoms with Gasteiger partial charge in [-0.2, -0.15) is 15.0 Å². The summed E-state index contributed by atoms with van der Waals surface area (Å²) >= 11 is 5.80. The zero-order valence-corrected chi connectivity index (χ0v) is 11.7. The van der Waals surface area contributed by atoms with Gasteiger partial charge >= 0.3 is 6.01 Å². The summed E-state index contributed by atoms with van der Waals surface area (Å²) in [7, 11) is 0. The lowest BCUT2D eigenvalue weighted by Crippen LogP contribution is -2.39. The summed E-state index contributed by atoms with van der Waals surface area (Å²) in [5, 5.41) is 3.25. The average Bonchev–Trinajstić information content (AvgIpc) is 2.40. The van der Waals surface area contributed by atoms with Crippen LogP contribution in [0.3, 0.4) is 0 Å². The lowest BCUT2D eigenvalue weighted by molar-refractivity contribution is 0.0398. The lowest BCUT2D eigenvalue weighted by Gasteiger charge is -2.26. The number of hydrogen-bond acceptors (Lipinski definition) is 7. The molecule has 1 aromatic heterocycles. The maximum atomic E-state index is 5.80. The molecule has 1 aromatic rings. The van der Waals surface area contributed by atoms with Gasteiger partial charge in [0.2, 0.25) is 11.2 Å². The van der Waals surface area contributed by atoms with Gasteiger partial charge in [0.1, 0.15) is 0 Å². The molecule has 0 unspecified atom stereocenters. The van der Waals surface area contributed by atoms with Crippen LogP contribution < -0.4 is 10.1 Å². The van der Waals surface area contributed by atoms with E-state index < -0.39 is 0 Å². The van der Waals surface area contributed by atoms with E-state index in [4.69, 9.17) is 21.1 Å². The zero-order valence-electron chi connectivity index (χ0n) is 10.9. The highest BCUT2D eigenvalue weighted by Gasteiger charge is 2.10. The fourth-order valence-electron chi connectivity index (χ4n) is 1.76. The zero-order chi connectivity index (χ0) is 13.5. The quantitative estimate of drug-likeness (QED) is 0.824. The van der Waals surface area contributed by atoms with Gasteiger partial charge in [-0.3, -0.25) is 4.90 Å². The molecule has 0 saturated carbocycles. The Kier molecular flexibility index (Phi) is 5.56. The van der Waals surface area contributed by atoms with Gasteiger partial charge in [0, 0.05) is 26.2 Å². The summed E-state index contributed by atoms with van der Waals surface area (Å²) in [5.41, 5.74) is 0. The summed E-state index contributed by atoms with van der Waals surface area (Å²) in [5.74, 6) is 0.441. The third-order valence-corrected chi connectivity index (χ3v) is 2.84. The average molecular weight is 288 g/mol. The topological polar surface area (TPSA) is 72.4 Å². The van der Waals surface area contributed by atoms with Crippen molar-refractivity contribution in [3.8, 4) is 6.01 Å². The molecule has 0 radical (unpaired) electrons. The Bertz CT molecular complexity index is 401. The Labute approximate surface area is 117 Å². The van der Waals surface area contributed by atoms with Gasteiger partial charge in [0.25, 0.3) is 0 Å². The summed E-state index contributed by atoms with van der Waals surface area (Å²) in [6, 6.07) is 0.247. The number of nitrogens with one attached hydrogen (secondary N) is 1. The molecule has 8 heteroatoms. The number of nitrogens with zero attached hydrogens (tertiary/aromatic N) is 4. The molecule has 0 amide bonds. The second kappa shape index (κ2) is 7.42. The number of aromatic nitrogens is 3. The highest BCUT2D eigenvalue weighted by Crippen LogP contribution is 2.11. The Morgan fingerprint density at radius 2 is 2.11 bits per heavy atom. The SMILES string of the molecule is CCOc1nc(Cl)nc(NCCN2CCOCC2)n1. The minimum Gasteiger partial charge on any atom is -0.464 e. The Morgan fingerprint density at radius 1 is 1.32 bits per heavy atom. The van der Waals surface area contributed by atoms with E-state index in [9.17, 15) is 0 Å².